The van der Waals surface area contributed by atoms with Crippen molar-refractivity contribution in [2.45, 2.75) is 32.0 Å². The molecule has 1 aliphatic heterocycles. The van der Waals surface area contributed by atoms with E-state index in [2.05, 4.69) is 25.4 Å². The molecule has 0 radical (unpaired) electrons. The Balaban J connectivity index is 1.51. The average molecular weight is 296 g/mol. The average Bonchev–Trinajstić information content (AvgIpc) is 3.07. The van der Waals surface area contributed by atoms with Crippen LogP contribution in [0, 0.1) is 6.92 Å². The number of rotatable bonds is 4. The monoisotopic (exact) mass is 295 g/mol. The second kappa shape index (κ2) is 5.72. The Labute approximate surface area is 120 Å². The van der Waals surface area contributed by atoms with Crippen molar-refractivity contribution in [1.29, 1.82) is 0 Å². The van der Waals surface area contributed by atoms with E-state index in [0.717, 1.165) is 12.8 Å². The molecule has 7 nitrogen and oxygen atoms in total. The Morgan fingerprint density at radius 2 is 2.15 bits per heavy atom. The third-order valence-electron chi connectivity index (χ3n) is 3.03. The Morgan fingerprint density at radius 3 is 2.85 bits per heavy atom. The van der Waals surface area contributed by atoms with Gasteiger partial charge in [-0.1, -0.05) is 16.8 Å². The molecule has 3 rings (SSSR count). The van der Waals surface area contributed by atoms with Crippen molar-refractivity contribution in [2.75, 3.05) is 11.9 Å². The summed E-state index contributed by atoms with van der Waals surface area (Å²) in [5, 5.41) is 7.41. The van der Waals surface area contributed by atoms with Gasteiger partial charge >= 0.3 is 0 Å². The van der Waals surface area contributed by atoms with Crippen LogP contribution in [0.5, 0.6) is 0 Å². The molecule has 1 aliphatic rings. The van der Waals surface area contributed by atoms with Crippen molar-refractivity contribution in [3.8, 4) is 0 Å². The maximum atomic E-state index is 5.87. The quantitative estimate of drug-likeness (QED) is 0.925. The van der Waals surface area contributed by atoms with Crippen molar-refractivity contribution >= 4 is 17.5 Å². The third kappa shape index (κ3) is 3.05. The summed E-state index contributed by atoms with van der Waals surface area (Å²) in [5.41, 5.74) is 0. The van der Waals surface area contributed by atoms with E-state index in [1.165, 1.54) is 0 Å². The minimum atomic E-state index is -0.117. The highest BCUT2D eigenvalue weighted by Gasteiger charge is 2.30. The summed E-state index contributed by atoms with van der Waals surface area (Å²) in [6.07, 6.45) is 4.86. The summed E-state index contributed by atoms with van der Waals surface area (Å²) < 4.78 is 11.0. The zero-order valence-corrected chi connectivity index (χ0v) is 11.7. The molecule has 1 fully saturated rings. The number of halogens is 1. The second-order valence-corrected chi connectivity index (χ2v) is 5.05. The van der Waals surface area contributed by atoms with Crippen molar-refractivity contribution in [1.82, 2.24) is 20.1 Å². The highest BCUT2D eigenvalue weighted by Crippen LogP contribution is 2.31. The molecule has 20 heavy (non-hydrogen) atoms. The van der Waals surface area contributed by atoms with E-state index in [4.69, 9.17) is 20.9 Å². The van der Waals surface area contributed by atoms with Crippen LogP contribution in [0.25, 0.3) is 0 Å². The highest BCUT2D eigenvalue weighted by atomic mass is 35.5. The molecule has 0 bridgehead atoms. The SMILES string of the molecule is Cc1noc([C@@H]2CC[C@H](CNc3ncc(Cl)cn3)O2)n1. The molecule has 0 spiro atoms. The van der Waals surface area contributed by atoms with Crippen molar-refractivity contribution in [3.63, 3.8) is 0 Å². The van der Waals surface area contributed by atoms with Gasteiger partial charge in [-0.05, 0) is 19.8 Å². The molecule has 3 heterocycles. The van der Waals surface area contributed by atoms with Gasteiger partial charge in [0.25, 0.3) is 5.89 Å². The van der Waals surface area contributed by atoms with Gasteiger partial charge in [0.2, 0.25) is 5.95 Å². The van der Waals surface area contributed by atoms with Gasteiger partial charge in [-0.15, -0.1) is 0 Å². The summed E-state index contributed by atoms with van der Waals surface area (Å²) >= 11 is 5.73. The topological polar surface area (TPSA) is 86.0 Å². The van der Waals surface area contributed by atoms with Gasteiger partial charge in [0, 0.05) is 6.54 Å². The molecule has 0 aliphatic carbocycles. The number of hydrogen-bond donors (Lipinski definition) is 1. The number of anilines is 1. The largest absolute Gasteiger partial charge is 0.363 e. The van der Waals surface area contributed by atoms with E-state index in [-0.39, 0.29) is 12.2 Å². The summed E-state index contributed by atoms with van der Waals surface area (Å²) in [4.78, 5) is 12.3. The molecule has 0 aromatic carbocycles. The lowest BCUT2D eigenvalue weighted by molar-refractivity contribution is 0.0326. The predicted molar refractivity (Wildman–Crippen MR) is 71.4 cm³/mol. The van der Waals surface area contributed by atoms with E-state index in [1.54, 1.807) is 19.3 Å². The maximum absolute atomic E-state index is 5.87. The summed E-state index contributed by atoms with van der Waals surface area (Å²) in [6.45, 7) is 2.42. The van der Waals surface area contributed by atoms with Crippen LogP contribution in [0.4, 0.5) is 5.95 Å². The first-order valence-electron chi connectivity index (χ1n) is 6.38. The van der Waals surface area contributed by atoms with Crippen LogP contribution in [0.2, 0.25) is 5.02 Å². The molecule has 2 aromatic heterocycles. The van der Waals surface area contributed by atoms with Gasteiger partial charge < -0.3 is 14.6 Å². The smallest absolute Gasteiger partial charge is 0.255 e. The molecular weight excluding hydrogens is 282 g/mol. The molecule has 2 atom stereocenters. The number of aryl methyl sites for hydroxylation is 1. The third-order valence-corrected chi connectivity index (χ3v) is 3.23. The molecule has 0 unspecified atom stereocenters. The van der Waals surface area contributed by atoms with Crippen LogP contribution >= 0.6 is 11.6 Å². The number of hydrogen-bond acceptors (Lipinski definition) is 7. The van der Waals surface area contributed by atoms with Crippen molar-refractivity contribution < 1.29 is 9.26 Å². The Bertz CT molecular complexity index is 573. The molecule has 8 heteroatoms. The minimum Gasteiger partial charge on any atom is -0.363 e. The highest BCUT2D eigenvalue weighted by molar-refractivity contribution is 6.30. The van der Waals surface area contributed by atoms with Gasteiger partial charge in [0.1, 0.15) is 6.10 Å². The molecule has 0 saturated carbocycles. The van der Waals surface area contributed by atoms with E-state index in [9.17, 15) is 0 Å². The van der Waals surface area contributed by atoms with E-state index >= 15 is 0 Å². The fourth-order valence-electron chi connectivity index (χ4n) is 2.09. The zero-order chi connectivity index (χ0) is 13.9. The van der Waals surface area contributed by atoms with Crippen LogP contribution in [0.15, 0.2) is 16.9 Å². The number of nitrogens with one attached hydrogen (secondary N) is 1. The Kier molecular flexibility index (Phi) is 3.79. The first-order chi connectivity index (χ1) is 9.70. The first kappa shape index (κ1) is 13.3. The van der Waals surface area contributed by atoms with Crippen molar-refractivity contribution in [3.05, 3.63) is 29.1 Å². The van der Waals surface area contributed by atoms with Gasteiger partial charge in [0.15, 0.2) is 5.82 Å². The van der Waals surface area contributed by atoms with Crippen LogP contribution in [0.1, 0.15) is 30.7 Å². The summed E-state index contributed by atoms with van der Waals surface area (Å²) in [5.74, 6) is 1.71. The molecule has 1 N–H and O–H groups in total. The van der Waals surface area contributed by atoms with Gasteiger partial charge in [0.05, 0.1) is 23.5 Å². The van der Waals surface area contributed by atoms with Crippen molar-refractivity contribution in [2.24, 2.45) is 0 Å². The molecule has 106 valence electrons. The summed E-state index contributed by atoms with van der Waals surface area (Å²) in [7, 11) is 0. The molecule has 1 saturated heterocycles. The second-order valence-electron chi connectivity index (χ2n) is 4.61. The number of ether oxygens (including phenoxy) is 1. The van der Waals surface area contributed by atoms with E-state index in [0.29, 0.717) is 29.2 Å². The molecular formula is C12H14ClN5O2. The fraction of sp³-hybridized carbons (Fsp3) is 0.500. The normalized spacial score (nSPS) is 22.1. The fourth-order valence-corrected chi connectivity index (χ4v) is 2.19. The maximum Gasteiger partial charge on any atom is 0.255 e. The zero-order valence-electron chi connectivity index (χ0n) is 10.9. The van der Waals surface area contributed by atoms with Crippen LogP contribution in [-0.2, 0) is 4.74 Å². The number of aromatic nitrogens is 4. The van der Waals surface area contributed by atoms with Gasteiger partial charge in [-0.3, -0.25) is 0 Å². The lowest BCUT2D eigenvalue weighted by Crippen LogP contribution is -2.20. The van der Waals surface area contributed by atoms with E-state index < -0.39 is 0 Å². The van der Waals surface area contributed by atoms with Crippen LogP contribution < -0.4 is 5.32 Å². The Hall–Kier alpha value is -1.73. The standard InChI is InChI=1S/C12H14ClN5O2/c1-7-17-11(20-18-7)10-3-2-9(19-10)6-16-12-14-4-8(13)5-15-12/h4-5,9-10H,2-3,6H2,1H3,(H,14,15,16)/t9-,10+/m1/s1. The number of nitrogens with zero attached hydrogens (tertiary/aromatic N) is 4. The lowest BCUT2D eigenvalue weighted by atomic mass is 10.2. The van der Waals surface area contributed by atoms with Crippen LogP contribution in [-0.4, -0.2) is 32.8 Å². The predicted octanol–water partition coefficient (Wildman–Crippen LogP) is 2.15. The first-order valence-corrected chi connectivity index (χ1v) is 6.75. The lowest BCUT2D eigenvalue weighted by Gasteiger charge is -2.12. The molecule has 0 amide bonds. The van der Waals surface area contributed by atoms with Gasteiger partial charge in [-0.25, -0.2) is 9.97 Å². The molecule has 2 aromatic rings. The van der Waals surface area contributed by atoms with Crippen LogP contribution in [0.3, 0.4) is 0 Å². The summed E-state index contributed by atoms with van der Waals surface area (Å²) in [6, 6.07) is 0. The van der Waals surface area contributed by atoms with Gasteiger partial charge in [-0.2, -0.15) is 4.98 Å². The minimum absolute atomic E-state index is 0.0754. The van der Waals surface area contributed by atoms with E-state index in [1.807, 2.05) is 0 Å². The Morgan fingerprint density at radius 1 is 1.35 bits per heavy atom.